The van der Waals surface area contributed by atoms with Crippen molar-refractivity contribution in [2.45, 2.75) is 46.6 Å². The second kappa shape index (κ2) is 8.82. The smallest absolute Gasteiger partial charge is 0.257 e. The maximum absolute atomic E-state index is 14.3. The molecule has 0 bridgehead atoms. The highest BCUT2D eigenvalue weighted by Gasteiger charge is 2.31. The van der Waals surface area contributed by atoms with Crippen molar-refractivity contribution in [3.8, 4) is 0 Å². The molecule has 2 amide bonds. The number of halogens is 2. The molecule has 2 rings (SSSR count). The first kappa shape index (κ1) is 22.4. The van der Waals surface area contributed by atoms with Gasteiger partial charge in [-0.05, 0) is 37.0 Å². The molecule has 1 saturated heterocycles. The molecule has 5 nitrogen and oxygen atoms in total. The number of nitrogens with zero attached hydrogens (tertiary/aromatic N) is 1. The van der Waals surface area contributed by atoms with E-state index in [2.05, 4.69) is 12.2 Å². The molecule has 3 N–H and O–H groups in total. The fourth-order valence-corrected chi connectivity index (χ4v) is 2.98. The Bertz CT molecular complexity index is 661. The molecule has 0 aliphatic carbocycles. The molecule has 1 fully saturated rings. The number of hydrogen-bond acceptors (Lipinski definition) is 3. The summed E-state index contributed by atoms with van der Waals surface area (Å²) in [5, 5.41) is 2.74. The van der Waals surface area contributed by atoms with Crippen molar-refractivity contribution in [1.82, 2.24) is 4.90 Å². The molecule has 1 heterocycles. The van der Waals surface area contributed by atoms with Crippen LogP contribution in [-0.2, 0) is 4.79 Å². The third kappa shape index (κ3) is 5.17. The third-order valence-corrected chi connectivity index (χ3v) is 4.65. The van der Waals surface area contributed by atoms with Crippen LogP contribution in [0.25, 0.3) is 0 Å². The molecule has 7 heteroatoms. The predicted molar refractivity (Wildman–Crippen MR) is 104 cm³/mol. The number of carbonyl (C=O) groups excluding carboxylic acids is 2. The van der Waals surface area contributed by atoms with Crippen LogP contribution >= 0.6 is 12.4 Å². The molecule has 0 saturated carbocycles. The number of anilines is 1. The van der Waals surface area contributed by atoms with E-state index in [4.69, 9.17) is 5.73 Å². The highest BCUT2D eigenvalue weighted by molar-refractivity contribution is 5.98. The lowest BCUT2D eigenvalue weighted by molar-refractivity contribution is -0.123. The van der Waals surface area contributed by atoms with Gasteiger partial charge in [0.15, 0.2) is 0 Å². The van der Waals surface area contributed by atoms with E-state index in [9.17, 15) is 14.0 Å². The number of piperidine rings is 1. The van der Waals surface area contributed by atoms with Gasteiger partial charge in [-0.15, -0.1) is 12.4 Å². The molecule has 0 aromatic heterocycles. The van der Waals surface area contributed by atoms with Crippen LogP contribution in [-0.4, -0.2) is 35.8 Å². The molecule has 1 aromatic carbocycles. The van der Waals surface area contributed by atoms with Crippen LogP contribution in [0.5, 0.6) is 0 Å². The van der Waals surface area contributed by atoms with E-state index >= 15 is 0 Å². The van der Waals surface area contributed by atoms with E-state index in [0.717, 1.165) is 12.8 Å². The lowest BCUT2D eigenvalue weighted by atomic mass is 9.91. The first-order valence-electron chi connectivity index (χ1n) is 8.75. The van der Waals surface area contributed by atoms with Crippen LogP contribution in [0.2, 0.25) is 0 Å². The summed E-state index contributed by atoms with van der Waals surface area (Å²) in [7, 11) is 0. The Morgan fingerprint density at radius 3 is 2.58 bits per heavy atom. The summed E-state index contributed by atoms with van der Waals surface area (Å²) in [6, 6.07) is 4.01. The summed E-state index contributed by atoms with van der Waals surface area (Å²) in [6.07, 6.45) is 1.70. The summed E-state index contributed by atoms with van der Waals surface area (Å²) in [6.45, 7) is 8.43. The summed E-state index contributed by atoms with van der Waals surface area (Å²) in [5.74, 6) is -0.649. The number of benzene rings is 1. The van der Waals surface area contributed by atoms with E-state index in [1.807, 2.05) is 0 Å². The van der Waals surface area contributed by atoms with Gasteiger partial charge < -0.3 is 16.0 Å². The lowest BCUT2D eigenvalue weighted by Crippen LogP contribution is -2.49. The lowest BCUT2D eigenvalue weighted by Gasteiger charge is -2.38. The summed E-state index contributed by atoms with van der Waals surface area (Å²) >= 11 is 0. The second-order valence-corrected chi connectivity index (χ2v) is 7.92. The van der Waals surface area contributed by atoms with Crippen LogP contribution in [0, 0.1) is 17.2 Å². The Kier molecular flexibility index (Phi) is 7.59. The Morgan fingerprint density at radius 1 is 1.35 bits per heavy atom. The zero-order valence-corrected chi connectivity index (χ0v) is 16.7. The third-order valence-electron chi connectivity index (χ3n) is 4.65. The molecular weight excluding hydrogens is 357 g/mol. The Balaban J connectivity index is 0.00000338. The highest BCUT2D eigenvalue weighted by atomic mass is 35.5. The maximum Gasteiger partial charge on any atom is 0.257 e. The van der Waals surface area contributed by atoms with Crippen molar-refractivity contribution in [1.29, 1.82) is 0 Å². The normalized spacial score (nSPS) is 20.3. The van der Waals surface area contributed by atoms with Gasteiger partial charge in [-0.1, -0.05) is 27.7 Å². The Labute approximate surface area is 160 Å². The first-order valence-corrected chi connectivity index (χ1v) is 8.75. The Morgan fingerprint density at radius 2 is 2.00 bits per heavy atom. The molecule has 0 radical (unpaired) electrons. The fourth-order valence-electron chi connectivity index (χ4n) is 2.98. The number of hydrogen-bond donors (Lipinski definition) is 2. The van der Waals surface area contributed by atoms with Gasteiger partial charge in [0, 0.05) is 30.2 Å². The minimum absolute atomic E-state index is 0. The number of rotatable bonds is 3. The zero-order chi connectivity index (χ0) is 18.8. The second-order valence-electron chi connectivity index (χ2n) is 7.92. The van der Waals surface area contributed by atoms with Gasteiger partial charge >= 0.3 is 0 Å². The standard InChI is InChI=1S/C19H28FN3O2.ClH/c1-12-7-8-23(14(9-12)11-21)17(24)15-10-13(5-6-16(15)20)22-18(25)19(2,3)4;/h5-6,10,12,14H,7-9,11,21H2,1-4H3,(H,22,25);1H. The average Bonchev–Trinajstić information content (AvgIpc) is 2.54. The molecule has 2 unspecified atom stereocenters. The minimum atomic E-state index is -0.590. The van der Waals surface area contributed by atoms with Crippen molar-refractivity contribution in [2.75, 3.05) is 18.4 Å². The molecule has 1 aliphatic heterocycles. The van der Waals surface area contributed by atoms with Gasteiger partial charge in [-0.25, -0.2) is 4.39 Å². The average molecular weight is 386 g/mol. The molecule has 1 aliphatic rings. The number of nitrogens with two attached hydrogens (primary N) is 1. The van der Waals surface area contributed by atoms with Gasteiger partial charge in [-0.2, -0.15) is 0 Å². The van der Waals surface area contributed by atoms with Crippen molar-refractivity contribution in [3.63, 3.8) is 0 Å². The van der Waals surface area contributed by atoms with Crippen molar-refractivity contribution >= 4 is 29.9 Å². The van der Waals surface area contributed by atoms with Crippen molar-refractivity contribution in [2.24, 2.45) is 17.1 Å². The molecular formula is C19H29ClFN3O2. The van der Waals surface area contributed by atoms with Crippen LogP contribution < -0.4 is 11.1 Å². The van der Waals surface area contributed by atoms with Gasteiger partial charge in [0.2, 0.25) is 5.91 Å². The zero-order valence-electron chi connectivity index (χ0n) is 15.8. The molecule has 0 spiro atoms. The number of amides is 2. The summed E-state index contributed by atoms with van der Waals surface area (Å²) < 4.78 is 14.3. The fraction of sp³-hybridized carbons (Fsp3) is 0.579. The van der Waals surface area contributed by atoms with Crippen LogP contribution in [0.15, 0.2) is 18.2 Å². The first-order chi connectivity index (χ1) is 11.6. The SMILES string of the molecule is CC1CCN(C(=O)c2cc(NC(=O)C(C)(C)C)ccc2F)C(CN)C1.Cl. The highest BCUT2D eigenvalue weighted by Crippen LogP contribution is 2.26. The largest absolute Gasteiger partial charge is 0.334 e. The van der Waals surface area contributed by atoms with Gasteiger partial charge in [0.05, 0.1) is 5.56 Å². The Hall–Kier alpha value is -1.66. The molecule has 26 heavy (non-hydrogen) atoms. The topological polar surface area (TPSA) is 75.4 Å². The minimum Gasteiger partial charge on any atom is -0.334 e. The monoisotopic (exact) mass is 385 g/mol. The van der Waals surface area contributed by atoms with Gasteiger partial charge in [0.1, 0.15) is 5.82 Å². The summed E-state index contributed by atoms with van der Waals surface area (Å²) in [4.78, 5) is 26.6. The van der Waals surface area contributed by atoms with E-state index < -0.39 is 11.2 Å². The van der Waals surface area contributed by atoms with Crippen LogP contribution in [0.1, 0.15) is 50.9 Å². The quantitative estimate of drug-likeness (QED) is 0.836. The molecule has 146 valence electrons. The van der Waals surface area contributed by atoms with E-state index in [1.54, 1.807) is 25.7 Å². The van der Waals surface area contributed by atoms with E-state index in [0.29, 0.717) is 24.7 Å². The van der Waals surface area contributed by atoms with Crippen molar-refractivity contribution in [3.05, 3.63) is 29.6 Å². The van der Waals surface area contributed by atoms with E-state index in [1.165, 1.54) is 18.2 Å². The molecule has 1 aromatic rings. The van der Waals surface area contributed by atoms with Gasteiger partial charge in [-0.3, -0.25) is 9.59 Å². The van der Waals surface area contributed by atoms with Gasteiger partial charge in [0.25, 0.3) is 5.91 Å². The van der Waals surface area contributed by atoms with E-state index in [-0.39, 0.29) is 35.8 Å². The number of nitrogens with one attached hydrogen (secondary N) is 1. The van der Waals surface area contributed by atoms with Crippen LogP contribution in [0.3, 0.4) is 0 Å². The molecule has 2 atom stereocenters. The maximum atomic E-state index is 14.3. The predicted octanol–water partition coefficient (Wildman–Crippen LogP) is 3.43. The number of likely N-dealkylation sites (tertiary alicyclic amines) is 1. The summed E-state index contributed by atoms with van der Waals surface area (Å²) in [5.41, 5.74) is 5.62. The van der Waals surface area contributed by atoms with Crippen LogP contribution in [0.4, 0.5) is 10.1 Å². The van der Waals surface area contributed by atoms with Crippen molar-refractivity contribution < 1.29 is 14.0 Å². The number of carbonyl (C=O) groups is 2.